The van der Waals surface area contributed by atoms with Crippen molar-refractivity contribution in [1.29, 1.82) is 0 Å². The summed E-state index contributed by atoms with van der Waals surface area (Å²) in [5.41, 5.74) is 4.88. The van der Waals surface area contributed by atoms with E-state index >= 15 is 4.57 Å². The second kappa shape index (κ2) is 7.07. The Morgan fingerprint density at radius 2 is 1.17 bits per heavy atom. The molecule has 0 N–H and O–H groups in total. The Balaban J connectivity index is 1.58. The maximum absolute atomic E-state index is 15.1. The molecule has 0 saturated heterocycles. The van der Waals surface area contributed by atoms with E-state index in [1.54, 1.807) is 0 Å². The van der Waals surface area contributed by atoms with E-state index in [-0.39, 0.29) is 0 Å². The van der Waals surface area contributed by atoms with Crippen LogP contribution in [0.15, 0.2) is 121 Å². The highest BCUT2D eigenvalue weighted by atomic mass is 31.2. The first-order valence-corrected chi connectivity index (χ1v) is 13.7. The second-order valence-corrected chi connectivity index (χ2v) is 11.9. The van der Waals surface area contributed by atoms with Gasteiger partial charge in [0.05, 0.1) is 27.8 Å². The Morgan fingerprint density at radius 1 is 0.556 bits per heavy atom. The zero-order chi connectivity index (χ0) is 23.9. The molecular formula is C31H20N3OP. The number of aromatic nitrogens is 3. The van der Waals surface area contributed by atoms with Gasteiger partial charge in [-0.2, -0.15) is 0 Å². The van der Waals surface area contributed by atoms with Crippen molar-refractivity contribution in [2.45, 2.75) is 0 Å². The molecule has 3 heterocycles. The van der Waals surface area contributed by atoms with Gasteiger partial charge in [0.2, 0.25) is 5.95 Å². The van der Waals surface area contributed by atoms with Crippen molar-refractivity contribution in [2.75, 3.05) is 0 Å². The van der Waals surface area contributed by atoms with Crippen LogP contribution in [-0.4, -0.2) is 14.1 Å². The highest BCUT2D eigenvalue weighted by Gasteiger charge is 2.40. The first-order chi connectivity index (χ1) is 17.8. The van der Waals surface area contributed by atoms with Gasteiger partial charge in [-0.1, -0.05) is 84.9 Å². The van der Waals surface area contributed by atoms with E-state index in [1.165, 1.54) is 10.8 Å². The van der Waals surface area contributed by atoms with Crippen molar-refractivity contribution in [1.82, 2.24) is 14.1 Å². The van der Waals surface area contributed by atoms with Crippen LogP contribution in [0.2, 0.25) is 0 Å². The number of hydrogen-bond donors (Lipinski definition) is 0. The quantitative estimate of drug-likeness (QED) is 0.281. The van der Waals surface area contributed by atoms with Crippen molar-refractivity contribution >= 4 is 55.9 Å². The summed E-state index contributed by atoms with van der Waals surface area (Å²) < 4.78 is 19.6. The van der Waals surface area contributed by atoms with Gasteiger partial charge in [-0.15, -0.1) is 0 Å². The standard InChI is InChI=1S/C31H20N3OP/c35-36(21-11-2-1-3-12-21)28-19-9-8-18-27(28)34-30-24(15-10-20-29(30)36)32-31(34)33-25-16-6-4-13-22(25)23-14-5-7-17-26(23)33/h1-20H. The summed E-state index contributed by atoms with van der Waals surface area (Å²) in [4.78, 5) is 5.19. The lowest BCUT2D eigenvalue weighted by Crippen LogP contribution is -2.33. The van der Waals surface area contributed by atoms with Crippen LogP contribution in [0.1, 0.15) is 0 Å². The Labute approximate surface area is 207 Å². The van der Waals surface area contributed by atoms with Gasteiger partial charge in [-0.25, -0.2) is 4.98 Å². The molecule has 0 bridgehead atoms. The molecule has 0 spiro atoms. The summed E-state index contributed by atoms with van der Waals surface area (Å²) in [5, 5.41) is 4.90. The minimum Gasteiger partial charge on any atom is -0.308 e. The van der Waals surface area contributed by atoms with Crippen LogP contribution in [0.25, 0.3) is 44.5 Å². The number of imidazole rings is 1. The summed E-state index contributed by atoms with van der Waals surface area (Å²) in [6.07, 6.45) is 0. The Bertz CT molecular complexity index is 1980. The Kier molecular flexibility index (Phi) is 3.90. The van der Waals surface area contributed by atoms with Crippen LogP contribution in [0.4, 0.5) is 0 Å². The molecule has 170 valence electrons. The van der Waals surface area contributed by atoms with Crippen LogP contribution in [0.5, 0.6) is 0 Å². The predicted octanol–water partition coefficient (Wildman–Crippen LogP) is 6.08. The van der Waals surface area contributed by atoms with Crippen LogP contribution in [0.3, 0.4) is 0 Å². The fourth-order valence-electron chi connectivity index (χ4n) is 5.83. The molecule has 36 heavy (non-hydrogen) atoms. The lowest BCUT2D eigenvalue weighted by Gasteiger charge is -2.29. The molecule has 0 aliphatic carbocycles. The van der Waals surface area contributed by atoms with E-state index in [0.29, 0.717) is 0 Å². The minimum absolute atomic E-state index is 0.807. The van der Waals surface area contributed by atoms with E-state index in [1.807, 2.05) is 66.7 Å². The summed E-state index contributed by atoms with van der Waals surface area (Å²) in [6, 6.07) is 40.9. The van der Waals surface area contributed by atoms with Crippen molar-refractivity contribution in [3.8, 4) is 11.6 Å². The molecule has 1 aliphatic rings. The monoisotopic (exact) mass is 481 g/mol. The lowest BCUT2D eigenvalue weighted by atomic mass is 10.2. The summed E-state index contributed by atoms with van der Waals surface area (Å²) in [7, 11) is -3.09. The zero-order valence-corrected chi connectivity index (χ0v) is 20.1. The average Bonchev–Trinajstić information content (AvgIpc) is 3.48. The lowest BCUT2D eigenvalue weighted by molar-refractivity contribution is 0.592. The maximum Gasteiger partial charge on any atom is 0.220 e. The van der Waals surface area contributed by atoms with Crippen molar-refractivity contribution in [3.05, 3.63) is 121 Å². The van der Waals surface area contributed by atoms with Gasteiger partial charge in [0.15, 0.2) is 7.14 Å². The van der Waals surface area contributed by atoms with E-state index in [2.05, 4.69) is 63.7 Å². The summed E-state index contributed by atoms with van der Waals surface area (Å²) in [6.45, 7) is 0. The van der Waals surface area contributed by atoms with E-state index in [9.17, 15) is 0 Å². The molecule has 2 aromatic heterocycles. The van der Waals surface area contributed by atoms with Crippen LogP contribution in [-0.2, 0) is 4.57 Å². The van der Waals surface area contributed by atoms with Crippen LogP contribution in [0, 0.1) is 0 Å². The normalized spacial score (nSPS) is 16.6. The molecule has 5 heteroatoms. The van der Waals surface area contributed by atoms with E-state index in [4.69, 9.17) is 4.98 Å². The van der Waals surface area contributed by atoms with Gasteiger partial charge in [-0.05, 0) is 36.4 Å². The molecule has 0 radical (unpaired) electrons. The first kappa shape index (κ1) is 19.9. The fraction of sp³-hybridized carbons (Fsp3) is 0. The van der Waals surface area contributed by atoms with Gasteiger partial charge in [-0.3, -0.25) is 9.13 Å². The number of nitrogens with zero attached hydrogens (tertiary/aromatic N) is 3. The average molecular weight is 481 g/mol. The molecule has 7 aromatic rings. The highest BCUT2D eigenvalue weighted by Crippen LogP contribution is 2.49. The molecule has 1 aliphatic heterocycles. The molecule has 0 saturated carbocycles. The van der Waals surface area contributed by atoms with Crippen molar-refractivity contribution < 1.29 is 4.57 Å². The summed E-state index contributed by atoms with van der Waals surface area (Å²) >= 11 is 0. The van der Waals surface area contributed by atoms with E-state index < -0.39 is 7.14 Å². The number of hydrogen-bond acceptors (Lipinski definition) is 2. The Hall–Kier alpha value is -4.40. The van der Waals surface area contributed by atoms with E-state index in [0.717, 1.165) is 49.6 Å². The minimum atomic E-state index is -3.09. The smallest absolute Gasteiger partial charge is 0.220 e. The molecule has 4 nitrogen and oxygen atoms in total. The third-order valence-corrected chi connectivity index (χ3v) is 10.5. The maximum atomic E-state index is 15.1. The third-order valence-electron chi connectivity index (χ3n) is 7.34. The van der Waals surface area contributed by atoms with Gasteiger partial charge in [0, 0.05) is 26.7 Å². The van der Waals surface area contributed by atoms with Gasteiger partial charge in [0.1, 0.15) is 0 Å². The first-order valence-electron chi connectivity index (χ1n) is 12.0. The molecule has 0 amide bonds. The van der Waals surface area contributed by atoms with Gasteiger partial charge < -0.3 is 4.57 Å². The van der Waals surface area contributed by atoms with Crippen molar-refractivity contribution in [2.24, 2.45) is 0 Å². The molecule has 0 fully saturated rings. The molecule has 5 aromatic carbocycles. The number of fused-ring (bicyclic) bond motifs is 5. The van der Waals surface area contributed by atoms with Crippen LogP contribution >= 0.6 is 7.14 Å². The molecule has 1 atom stereocenters. The van der Waals surface area contributed by atoms with Gasteiger partial charge in [0.25, 0.3) is 0 Å². The number of para-hydroxylation sites is 4. The zero-order valence-electron chi connectivity index (χ0n) is 19.2. The highest BCUT2D eigenvalue weighted by molar-refractivity contribution is 7.86. The predicted molar refractivity (Wildman–Crippen MR) is 148 cm³/mol. The van der Waals surface area contributed by atoms with Crippen LogP contribution < -0.4 is 15.9 Å². The second-order valence-electron chi connectivity index (χ2n) is 9.20. The topological polar surface area (TPSA) is 39.8 Å². The largest absolute Gasteiger partial charge is 0.308 e. The molecule has 1 unspecified atom stereocenters. The van der Waals surface area contributed by atoms with Crippen molar-refractivity contribution in [3.63, 3.8) is 0 Å². The Morgan fingerprint density at radius 3 is 1.92 bits per heavy atom. The molecular weight excluding hydrogens is 461 g/mol. The third kappa shape index (κ3) is 2.39. The van der Waals surface area contributed by atoms with Gasteiger partial charge >= 0.3 is 0 Å². The summed E-state index contributed by atoms with van der Waals surface area (Å²) in [5.74, 6) is 0.807. The number of rotatable bonds is 2. The molecule has 8 rings (SSSR count). The number of benzene rings is 5. The fourth-order valence-corrected chi connectivity index (χ4v) is 8.84. The SMILES string of the molecule is O=P1(c2ccccc2)c2ccccc2-n2c(-n3c4ccccc4c4ccccc43)nc3cccc1c32.